The quantitative estimate of drug-likeness (QED) is 0.846. The van der Waals surface area contributed by atoms with Crippen molar-refractivity contribution in [3.63, 3.8) is 0 Å². The van der Waals surface area contributed by atoms with Crippen molar-refractivity contribution in [1.82, 2.24) is 10.2 Å². The average molecular weight is 292 g/mol. The normalized spacial score (nSPS) is 17.9. The number of phenolic OH excluding ortho intramolecular Hbond substituents is 1. The molecule has 4 heteroatoms. The summed E-state index contributed by atoms with van der Waals surface area (Å²) in [5.74, 6) is 1.80. The lowest BCUT2D eigenvalue weighted by atomic mass is 9.94. The number of phenols is 1. The van der Waals surface area contributed by atoms with Gasteiger partial charge in [0.1, 0.15) is 11.5 Å². The van der Waals surface area contributed by atoms with Crippen molar-refractivity contribution in [2.45, 2.75) is 32.7 Å². The Morgan fingerprint density at radius 3 is 2.57 bits per heavy atom. The van der Waals surface area contributed by atoms with Gasteiger partial charge in [0.15, 0.2) is 0 Å². The van der Waals surface area contributed by atoms with E-state index in [2.05, 4.69) is 24.1 Å². The molecule has 4 nitrogen and oxygen atoms in total. The van der Waals surface area contributed by atoms with E-state index in [0.29, 0.717) is 11.7 Å². The largest absolute Gasteiger partial charge is 0.507 e. The molecule has 1 heterocycles. The predicted molar refractivity (Wildman–Crippen MR) is 85.9 cm³/mol. The molecule has 0 aliphatic carbocycles. The van der Waals surface area contributed by atoms with Crippen LogP contribution >= 0.6 is 0 Å². The summed E-state index contributed by atoms with van der Waals surface area (Å²) in [4.78, 5) is 2.47. The molecule has 2 N–H and O–H groups in total. The molecular formula is C17H28N2O2. The van der Waals surface area contributed by atoms with Crippen LogP contribution in [0.4, 0.5) is 0 Å². The summed E-state index contributed by atoms with van der Waals surface area (Å²) in [6, 6.07) is 5.78. The summed E-state index contributed by atoms with van der Waals surface area (Å²) in [6.07, 6.45) is 2.19. The Balaban J connectivity index is 2.29. The maximum absolute atomic E-state index is 10.4. The number of benzene rings is 1. The van der Waals surface area contributed by atoms with Crippen LogP contribution in [0.15, 0.2) is 18.2 Å². The van der Waals surface area contributed by atoms with Gasteiger partial charge in [0, 0.05) is 32.2 Å². The molecular weight excluding hydrogens is 264 g/mol. The van der Waals surface area contributed by atoms with E-state index in [1.54, 1.807) is 13.2 Å². The zero-order chi connectivity index (χ0) is 15.2. The van der Waals surface area contributed by atoms with Crippen LogP contribution in [0.1, 0.15) is 38.3 Å². The molecule has 1 saturated heterocycles. The zero-order valence-corrected chi connectivity index (χ0v) is 13.4. The van der Waals surface area contributed by atoms with E-state index < -0.39 is 0 Å². The van der Waals surface area contributed by atoms with E-state index in [0.717, 1.165) is 50.3 Å². The Morgan fingerprint density at radius 1 is 1.24 bits per heavy atom. The van der Waals surface area contributed by atoms with Crippen molar-refractivity contribution in [3.8, 4) is 11.5 Å². The highest BCUT2D eigenvalue weighted by Crippen LogP contribution is 2.39. The number of piperazine rings is 1. The Labute approximate surface area is 128 Å². The minimum Gasteiger partial charge on any atom is -0.507 e. The summed E-state index contributed by atoms with van der Waals surface area (Å²) in [5.41, 5.74) is 0.947. The minimum absolute atomic E-state index is 0.227. The van der Waals surface area contributed by atoms with Crippen molar-refractivity contribution in [2.24, 2.45) is 5.92 Å². The van der Waals surface area contributed by atoms with Crippen LogP contribution in [0.5, 0.6) is 11.5 Å². The third kappa shape index (κ3) is 4.11. The smallest absolute Gasteiger partial charge is 0.127 e. The zero-order valence-electron chi connectivity index (χ0n) is 13.4. The fraction of sp³-hybridized carbons (Fsp3) is 0.647. The first-order chi connectivity index (χ1) is 10.1. The number of ether oxygens (including phenoxy) is 1. The van der Waals surface area contributed by atoms with E-state index in [1.165, 1.54) is 0 Å². The maximum Gasteiger partial charge on any atom is 0.127 e. The monoisotopic (exact) mass is 292 g/mol. The van der Waals surface area contributed by atoms with E-state index in [-0.39, 0.29) is 6.04 Å². The van der Waals surface area contributed by atoms with E-state index in [9.17, 15) is 5.11 Å². The second-order valence-corrected chi connectivity index (χ2v) is 6.17. The first-order valence-corrected chi connectivity index (χ1v) is 7.94. The lowest BCUT2D eigenvalue weighted by Crippen LogP contribution is -2.45. The standard InChI is InChI=1S/C17H28N2O2/c1-13(2)7-8-14(19-11-9-18-10-12-19)17-15(20)5-4-6-16(17)21-3/h4-6,13-14,18,20H,7-12H2,1-3H3/t14-/m0/s1. The summed E-state index contributed by atoms with van der Waals surface area (Å²) < 4.78 is 5.50. The van der Waals surface area contributed by atoms with Crippen LogP contribution in [0.2, 0.25) is 0 Å². The van der Waals surface area contributed by atoms with Gasteiger partial charge in [-0.3, -0.25) is 4.90 Å². The second kappa shape index (κ2) is 7.66. The van der Waals surface area contributed by atoms with Crippen LogP contribution in [0, 0.1) is 5.92 Å². The van der Waals surface area contributed by atoms with Crippen LogP contribution in [0.3, 0.4) is 0 Å². The van der Waals surface area contributed by atoms with E-state index >= 15 is 0 Å². The fourth-order valence-corrected chi connectivity index (χ4v) is 3.04. The molecule has 1 atom stereocenters. The van der Waals surface area contributed by atoms with Gasteiger partial charge in [-0.2, -0.15) is 0 Å². The number of hydrogen-bond acceptors (Lipinski definition) is 4. The predicted octanol–water partition coefficient (Wildman–Crippen LogP) is 2.78. The van der Waals surface area contributed by atoms with Gasteiger partial charge in [0.2, 0.25) is 0 Å². The summed E-state index contributed by atoms with van der Waals surface area (Å²) in [6.45, 7) is 8.54. The van der Waals surface area contributed by atoms with Crippen LogP contribution < -0.4 is 10.1 Å². The third-order valence-electron chi connectivity index (χ3n) is 4.21. The number of nitrogens with one attached hydrogen (secondary N) is 1. The van der Waals surface area contributed by atoms with Crippen LogP contribution in [0.25, 0.3) is 0 Å². The number of methoxy groups -OCH3 is 1. The summed E-state index contributed by atoms with van der Waals surface area (Å²) in [7, 11) is 1.68. The highest BCUT2D eigenvalue weighted by Gasteiger charge is 2.27. The first kappa shape index (κ1) is 16.1. The van der Waals surface area contributed by atoms with Crippen LogP contribution in [-0.4, -0.2) is 43.3 Å². The van der Waals surface area contributed by atoms with Gasteiger partial charge in [-0.15, -0.1) is 0 Å². The molecule has 118 valence electrons. The number of hydrogen-bond donors (Lipinski definition) is 2. The second-order valence-electron chi connectivity index (χ2n) is 6.17. The van der Waals surface area contributed by atoms with E-state index in [4.69, 9.17) is 4.74 Å². The van der Waals surface area contributed by atoms with E-state index in [1.807, 2.05) is 12.1 Å². The molecule has 0 saturated carbocycles. The average Bonchev–Trinajstić information content (AvgIpc) is 2.49. The van der Waals surface area contributed by atoms with Crippen LogP contribution in [-0.2, 0) is 0 Å². The molecule has 0 radical (unpaired) electrons. The molecule has 2 rings (SSSR count). The molecule has 1 aliphatic rings. The molecule has 0 aromatic heterocycles. The lowest BCUT2D eigenvalue weighted by molar-refractivity contribution is 0.154. The minimum atomic E-state index is 0.227. The molecule has 0 spiro atoms. The van der Waals surface area contributed by atoms with Gasteiger partial charge in [-0.1, -0.05) is 19.9 Å². The fourth-order valence-electron chi connectivity index (χ4n) is 3.04. The Morgan fingerprint density at radius 2 is 1.95 bits per heavy atom. The Kier molecular flexibility index (Phi) is 5.88. The van der Waals surface area contributed by atoms with Gasteiger partial charge in [0.05, 0.1) is 12.7 Å². The van der Waals surface area contributed by atoms with Crippen molar-refractivity contribution in [2.75, 3.05) is 33.3 Å². The molecule has 21 heavy (non-hydrogen) atoms. The van der Waals surface area contributed by atoms with Gasteiger partial charge < -0.3 is 15.2 Å². The van der Waals surface area contributed by atoms with Gasteiger partial charge in [0.25, 0.3) is 0 Å². The van der Waals surface area contributed by atoms with Crippen molar-refractivity contribution in [1.29, 1.82) is 0 Å². The van der Waals surface area contributed by atoms with Gasteiger partial charge in [-0.05, 0) is 30.9 Å². The third-order valence-corrected chi connectivity index (χ3v) is 4.21. The number of nitrogens with zero attached hydrogens (tertiary/aromatic N) is 1. The molecule has 1 aromatic rings. The van der Waals surface area contributed by atoms with Crippen molar-refractivity contribution >= 4 is 0 Å². The van der Waals surface area contributed by atoms with Crippen molar-refractivity contribution < 1.29 is 9.84 Å². The van der Waals surface area contributed by atoms with Gasteiger partial charge in [-0.25, -0.2) is 0 Å². The molecule has 1 aliphatic heterocycles. The Bertz CT molecular complexity index is 442. The number of aromatic hydroxyl groups is 1. The SMILES string of the molecule is COc1cccc(O)c1[C@H](CCC(C)C)N1CCNCC1. The highest BCUT2D eigenvalue weighted by atomic mass is 16.5. The number of rotatable bonds is 6. The van der Waals surface area contributed by atoms with Gasteiger partial charge >= 0.3 is 0 Å². The Hall–Kier alpha value is -1.26. The molecule has 1 fully saturated rings. The lowest BCUT2D eigenvalue weighted by Gasteiger charge is -2.36. The topological polar surface area (TPSA) is 44.7 Å². The molecule has 0 unspecified atom stereocenters. The molecule has 1 aromatic carbocycles. The highest BCUT2D eigenvalue weighted by molar-refractivity contribution is 5.46. The first-order valence-electron chi connectivity index (χ1n) is 7.94. The summed E-state index contributed by atoms with van der Waals surface area (Å²) >= 11 is 0. The molecule has 0 bridgehead atoms. The van der Waals surface area contributed by atoms with Crippen molar-refractivity contribution in [3.05, 3.63) is 23.8 Å². The summed E-state index contributed by atoms with van der Waals surface area (Å²) in [5, 5.41) is 13.8. The maximum atomic E-state index is 10.4. The molecule has 0 amide bonds.